The van der Waals surface area contributed by atoms with Crippen LogP contribution in [0, 0.1) is 28.1 Å². The van der Waals surface area contributed by atoms with E-state index in [2.05, 4.69) is 27.7 Å². The van der Waals surface area contributed by atoms with Crippen LogP contribution in [0.1, 0.15) is 75.7 Å². The normalized spacial score (nSPS) is 44.3. The lowest BCUT2D eigenvalue weighted by Crippen LogP contribution is -2.72. The zero-order chi connectivity index (χ0) is 31.2. The van der Waals surface area contributed by atoms with E-state index in [-0.39, 0.29) is 37.2 Å². The van der Waals surface area contributed by atoms with Crippen molar-refractivity contribution in [2.24, 2.45) is 28.1 Å². The van der Waals surface area contributed by atoms with Crippen LogP contribution in [0.4, 0.5) is 0 Å². The fourth-order valence-corrected chi connectivity index (χ4v) is 10.3. The second-order valence-electron chi connectivity index (χ2n) is 14.3. The maximum atomic E-state index is 13.9. The molecule has 0 spiro atoms. The smallest absolute Gasteiger partial charge is 0.338 e. The summed E-state index contributed by atoms with van der Waals surface area (Å²) in [5, 5.41) is 23.6. The minimum absolute atomic E-state index is 0.00748. The van der Waals surface area contributed by atoms with Crippen molar-refractivity contribution in [3.8, 4) is 0 Å². The summed E-state index contributed by atoms with van der Waals surface area (Å²) < 4.78 is 31.0. The molecule has 7 rings (SSSR count). The number of rotatable bonds is 4. The van der Waals surface area contributed by atoms with E-state index in [1.807, 2.05) is 12.1 Å². The third-order valence-electron chi connectivity index (χ3n) is 12.1. The van der Waals surface area contributed by atoms with E-state index < -0.39 is 65.0 Å². The molecule has 1 aromatic heterocycles. The number of hydrogen-bond donors (Lipinski definition) is 2. The molecule has 44 heavy (non-hydrogen) atoms. The van der Waals surface area contributed by atoms with Gasteiger partial charge in [0.05, 0.1) is 43.0 Å². The van der Waals surface area contributed by atoms with Crippen LogP contribution >= 0.6 is 0 Å². The van der Waals surface area contributed by atoms with Crippen molar-refractivity contribution in [2.75, 3.05) is 6.61 Å². The maximum Gasteiger partial charge on any atom is 0.338 e. The summed E-state index contributed by atoms with van der Waals surface area (Å²) >= 11 is 0. The highest BCUT2D eigenvalue weighted by Gasteiger charge is 2.77. The number of benzene rings is 1. The van der Waals surface area contributed by atoms with E-state index in [0.717, 1.165) is 16.7 Å². The Hall–Kier alpha value is -2.98. The predicted molar refractivity (Wildman–Crippen MR) is 157 cm³/mol. The molecule has 2 saturated heterocycles. The first-order chi connectivity index (χ1) is 20.9. The van der Waals surface area contributed by atoms with Crippen LogP contribution in [0.15, 0.2) is 64.5 Å². The van der Waals surface area contributed by atoms with E-state index in [9.17, 15) is 19.8 Å². The third-order valence-corrected chi connectivity index (χ3v) is 12.1. The Balaban J connectivity index is 1.43. The molecule has 12 atom stereocenters. The molecule has 0 bridgehead atoms. The summed E-state index contributed by atoms with van der Waals surface area (Å²) in [6.45, 7) is 9.99. The molecular formula is C35H42O9. The Morgan fingerprint density at radius 3 is 2.43 bits per heavy atom. The molecule has 2 N–H and O–H groups in total. The average Bonchev–Trinajstić information content (AvgIpc) is 3.69. The fraction of sp³-hybridized carbons (Fsp3) is 0.600. The van der Waals surface area contributed by atoms with Crippen molar-refractivity contribution in [1.82, 2.24) is 0 Å². The first kappa shape index (κ1) is 29.7. The van der Waals surface area contributed by atoms with Gasteiger partial charge in [-0.25, -0.2) is 4.79 Å². The summed E-state index contributed by atoms with van der Waals surface area (Å²) in [6.07, 6.45) is 0.148. The molecule has 4 fully saturated rings. The molecule has 3 heterocycles. The number of ether oxygens (including phenoxy) is 4. The van der Waals surface area contributed by atoms with Crippen LogP contribution in [0.2, 0.25) is 0 Å². The summed E-state index contributed by atoms with van der Waals surface area (Å²) in [7, 11) is 0. The molecular weight excluding hydrogens is 564 g/mol. The Bertz CT molecular complexity index is 1470. The molecule has 5 aliphatic rings. The molecule has 3 aliphatic carbocycles. The molecule has 2 saturated carbocycles. The standard InChI is InChI=1S/C35H42O9/c1-18-22(21-11-12-40-16-21)13-23-28(18)35(5)24(14-27(38)43-23)34(4)25(37)15-26(42-19(2)36)33(3)17-41-29(30(33)34)31(35)44-32(39)20-9-7-6-8-10-20/h6-12,16,22-27,29-31,37-38H,13-15,17H2,1-5H3/t22-,23+,24-,25+,26-,27?,29-,30+,31-,33-,34+,35-/m1/s1. The van der Waals surface area contributed by atoms with Gasteiger partial charge in [0.25, 0.3) is 0 Å². The molecule has 9 heteroatoms. The molecule has 0 amide bonds. The Kier molecular flexibility index (Phi) is 6.94. The monoisotopic (exact) mass is 606 g/mol. The first-order valence-corrected chi connectivity index (χ1v) is 15.7. The van der Waals surface area contributed by atoms with Crippen molar-refractivity contribution in [3.05, 3.63) is 71.2 Å². The van der Waals surface area contributed by atoms with Crippen molar-refractivity contribution in [2.45, 2.75) is 96.6 Å². The van der Waals surface area contributed by atoms with Gasteiger partial charge in [-0.15, -0.1) is 0 Å². The van der Waals surface area contributed by atoms with Gasteiger partial charge in [-0.1, -0.05) is 44.5 Å². The van der Waals surface area contributed by atoms with Gasteiger partial charge in [0.1, 0.15) is 12.2 Å². The highest BCUT2D eigenvalue weighted by molar-refractivity contribution is 5.89. The molecule has 236 valence electrons. The quantitative estimate of drug-likeness (QED) is 0.374. The number of furan rings is 1. The van der Waals surface area contributed by atoms with Gasteiger partial charge in [-0.05, 0) is 48.6 Å². The number of carbonyl (C=O) groups excluding carboxylic acids is 2. The van der Waals surface area contributed by atoms with Crippen molar-refractivity contribution in [3.63, 3.8) is 0 Å². The SMILES string of the molecule is CC(=O)O[C@@H]1C[C@H](O)[C@@]2(C)[C@H]3[C@@H](OC[C@]13C)[C@@H](OC(=O)c1ccccc1)[C@@]1(C)C3=C(C)[C@H](c4ccoc4)C[C@@H]3OC(O)C[C@@H]12. The van der Waals surface area contributed by atoms with E-state index >= 15 is 0 Å². The second kappa shape index (κ2) is 10.3. The van der Waals surface area contributed by atoms with Crippen LogP contribution in [-0.4, -0.2) is 65.6 Å². The predicted octanol–water partition coefficient (Wildman–Crippen LogP) is 4.78. The van der Waals surface area contributed by atoms with Gasteiger partial charge in [-0.2, -0.15) is 0 Å². The summed E-state index contributed by atoms with van der Waals surface area (Å²) in [4.78, 5) is 26.1. The highest BCUT2D eigenvalue weighted by atomic mass is 16.6. The maximum absolute atomic E-state index is 13.9. The lowest BCUT2D eigenvalue weighted by atomic mass is 9.39. The number of fused-ring (bicyclic) bond motifs is 4. The van der Waals surface area contributed by atoms with Gasteiger partial charge in [0.15, 0.2) is 6.29 Å². The summed E-state index contributed by atoms with van der Waals surface area (Å²) in [6, 6.07) is 10.9. The van der Waals surface area contributed by atoms with Gasteiger partial charge in [0, 0.05) is 47.8 Å². The molecule has 9 nitrogen and oxygen atoms in total. The number of hydrogen-bond acceptors (Lipinski definition) is 9. The minimum Gasteiger partial charge on any atom is -0.472 e. The number of allylic oxidation sites excluding steroid dienone is 1. The molecule has 0 radical (unpaired) electrons. The number of aliphatic hydroxyl groups excluding tert-OH is 2. The van der Waals surface area contributed by atoms with E-state index in [0.29, 0.717) is 12.0 Å². The zero-order valence-electron chi connectivity index (χ0n) is 25.9. The zero-order valence-corrected chi connectivity index (χ0v) is 25.9. The Labute approximate surface area is 257 Å². The summed E-state index contributed by atoms with van der Waals surface area (Å²) in [5.74, 6) is -1.60. The van der Waals surface area contributed by atoms with Crippen LogP contribution in [-0.2, 0) is 23.7 Å². The van der Waals surface area contributed by atoms with Crippen LogP contribution in [0.3, 0.4) is 0 Å². The number of carbonyl (C=O) groups is 2. The van der Waals surface area contributed by atoms with Gasteiger partial charge in [-0.3, -0.25) is 4.79 Å². The van der Waals surface area contributed by atoms with E-state index in [1.165, 1.54) is 6.92 Å². The molecule has 2 aromatic rings. The molecule has 2 aliphatic heterocycles. The molecule has 1 unspecified atom stereocenters. The largest absolute Gasteiger partial charge is 0.472 e. The third kappa shape index (κ3) is 4.05. The van der Waals surface area contributed by atoms with E-state index in [4.69, 9.17) is 23.4 Å². The van der Waals surface area contributed by atoms with Crippen molar-refractivity contribution in [1.29, 1.82) is 0 Å². The Morgan fingerprint density at radius 2 is 1.75 bits per heavy atom. The minimum atomic E-state index is -1.09. The van der Waals surface area contributed by atoms with E-state index in [1.54, 1.807) is 36.8 Å². The van der Waals surface area contributed by atoms with Gasteiger partial charge >= 0.3 is 11.9 Å². The van der Waals surface area contributed by atoms with Crippen molar-refractivity contribution >= 4 is 11.9 Å². The average molecular weight is 607 g/mol. The lowest BCUT2D eigenvalue weighted by Gasteiger charge is -2.66. The lowest BCUT2D eigenvalue weighted by molar-refractivity contribution is -0.254. The number of esters is 2. The topological polar surface area (TPSA) is 125 Å². The Morgan fingerprint density at radius 1 is 1.00 bits per heavy atom. The van der Waals surface area contributed by atoms with Crippen molar-refractivity contribution < 1.29 is 43.2 Å². The summed E-state index contributed by atoms with van der Waals surface area (Å²) in [5.41, 5.74) is 1.21. The van der Waals surface area contributed by atoms with Gasteiger partial charge in [0.2, 0.25) is 0 Å². The number of aliphatic hydroxyl groups is 2. The molecule has 1 aromatic carbocycles. The fourth-order valence-electron chi connectivity index (χ4n) is 10.3. The van der Waals surface area contributed by atoms with Crippen LogP contribution < -0.4 is 0 Å². The second-order valence-corrected chi connectivity index (χ2v) is 14.3. The highest BCUT2D eigenvalue weighted by Crippen LogP contribution is 2.72. The van der Waals surface area contributed by atoms with Gasteiger partial charge < -0.3 is 33.6 Å². The van der Waals surface area contributed by atoms with Crippen LogP contribution in [0.5, 0.6) is 0 Å². The van der Waals surface area contributed by atoms with Crippen LogP contribution in [0.25, 0.3) is 0 Å². The first-order valence-electron chi connectivity index (χ1n) is 15.7.